The van der Waals surface area contributed by atoms with Crippen LogP contribution in [-0.4, -0.2) is 221 Å². The number of hydrogen-bond acceptors (Lipinski definition) is 23. The molecule has 0 bridgehead atoms. The Morgan fingerprint density at radius 2 is 0.854 bits per heavy atom. The molecule has 0 saturated carbocycles. The number of amides is 4. The number of halogens is 1. The zero-order valence-electron chi connectivity index (χ0n) is 50.3. The zero-order chi connectivity index (χ0) is 58.9. The summed E-state index contributed by atoms with van der Waals surface area (Å²) in [5.41, 5.74) is -1.82. The van der Waals surface area contributed by atoms with Crippen LogP contribution in [0.25, 0.3) is 0 Å². The normalized spacial score (nSPS) is 16.4. The average molecular weight is 1470 g/mol. The molecule has 39 heteroatoms. The number of likely N-dealkylation sites (tertiary alicyclic amines) is 4. The van der Waals surface area contributed by atoms with Gasteiger partial charge in [0.15, 0.2) is 0 Å². The fourth-order valence-corrected chi connectivity index (χ4v) is 7.58. The standard InChI is InChI=1S/C10H19NO5S.C9H17NO4S.C9H17NO3.C9H17NO2S.C4H9NO2S.CH3ClO2S.CH2O3.4Ar.2K.H2S.H/c1-10(2,3)16-9(12)11-5-8(6-11)7-15-17(4,13)14;1-9(2,3)14-8(11)10-4-7(5-10)6-15(12)13;1-9(2,3)13-8(12)10-4-7(5-10)6-11;1-9(2,3)12-8(11)10-4-7(5-10)6-13;6-8(7)3-4-1-5-2-4;1-5(2,3)4;2-1-4-3;;;;;;;;/h8H,5-7H2,1-4H3;7H,4-6H2,1-3H3,(H,12,13);7,11H,4-6H2,1-3H3;7,13H,4-6H2,1-3H3;4-5H,1-3H2,(H,6,7);1H3;1,3H;;;;;;;1H2;/q;;;;;;;;;;;2*+1;;-1/p-3. The Bertz CT molecular complexity index is 2000. The van der Waals surface area contributed by atoms with Crippen LogP contribution in [0.15, 0.2) is 0 Å². The van der Waals surface area contributed by atoms with Crippen LogP contribution < -0.4 is 113 Å². The van der Waals surface area contributed by atoms with E-state index in [1.165, 1.54) is 9.80 Å². The van der Waals surface area contributed by atoms with Crippen molar-refractivity contribution in [2.45, 2.75) is 105 Å². The van der Waals surface area contributed by atoms with E-state index in [9.17, 15) is 53.5 Å². The molecule has 82 heavy (non-hydrogen) atoms. The third-order valence-corrected chi connectivity index (χ3v) is 11.7. The fraction of sp³-hybridized carbons (Fsp3) is 0.884. The van der Waals surface area contributed by atoms with Crippen molar-refractivity contribution in [2.24, 2.45) is 29.6 Å². The molecule has 5 saturated heterocycles. The third-order valence-electron chi connectivity index (χ3n) is 9.12. The molecule has 0 aromatic carbocycles. The van der Waals surface area contributed by atoms with Crippen molar-refractivity contribution in [1.29, 1.82) is 0 Å². The number of aliphatic hydroxyl groups is 1. The number of hydrogen-bond donors (Lipinski definition) is 3. The number of carbonyl (C=O) groups is 5. The molecule has 0 spiro atoms. The van der Waals surface area contributed by atoms with E-state index >= 15 is 0 Å². The number of carbonyl (C=O) groups excluding carboxylic acids is 5. The summed E-state index contributed by atoms with van der Waals surface area (Å²) < 4.78 is 106. The molecule has 486 valence electrons. The maximum Gasteiger partial charge on any atom is 1.00 e. The molecule has 0 aromatic rings. The van der Waals surface area contributed by atoms with Gasteiger partial charge >= 0.3 is 127 Å². The van der Waals surface area contributed by atoms with E-state index < -0.39 is 58.1 Å². The van der Waals surface area contributed by atoms with Crippen molar-refractivity contribution < 1.29 is 352 Å². The third kappa shape index (κ3) is 63.2. The number of ether oxygens (including phenoxy) is 4. The second-order valence-corrected chi connectivity index (χ2v) is 28.6. The first-order valence-electron chi connectivity index (χ1n) is 23.3. The summed E-state index contributed by atoms with van der Waals surface area (Å²) in [6.45, 7) is 28.5. The van der Waals surface area contributed by atoms with Crippen LogP contribution >= 0.6 is 36.8 Å². The summed E-state index contributed by atoms with van der Waals surface area (Å²) >= 11 is 0.309. The minimum Gasteiger partial charge on any atom is -1.00 e. The van der Waals surface area contributed by atoms with E-state index in [-0.39, 0.29) is 342 Å². The van der Waals surface area contributed by atoms with Crippen molar-refractivity contribution >= 4 is 109 Å². The minimum atomic E-state index is -3.40. The van der Waals surface area contributed by atoms with Crippen LogP contribution in [0.2, 0.25) is 0 Å². The number of nitrogens with zero attached hydrogens (tertiary/aromatic N) is 4. The number of thiol groups is 1. The Labute approximate surface area is 715 Å². The van der Waals surface area contributed by atoms with Crippen molar-refractivity contribution in [3.63, 3.8) is 0 Å². The van der Waals surface area contributed by atoms with Crippen LogP contribution in [0, 0.1) is 181 Å². The average Bonchev–Trinajstić information content (AvgIpc) is 3.10. The zero-order valence-corrected chi connectivity index (χ0v) is 64.3. The van der Waals surface area contributed by atoms with Gasteiger partial charge in [0.1, 0.15) is 22.4 Å². The Morgan fingerprint density at radius 1 is 0.610 bits per heavy atom. The number of rotatable bonds is 10. The van der Waals surface area contributed by atoms with Crippen LogP contribution in [0.5, 0.6) is 0 Å². The summed E-state index contributed by atoms with van der Waals surface area (Å²) in [6.07, 6.45) is 0.720. The van der Waals surface area contributed by atoms with E-state index in [4.69, 9.17) is 34.1 Å². The van der Waals surface area contributed by atoms with Gasteiger partial charge in [0, 0.05) is 269 Å². The summed E-state index contributed by atoms with van der Waals surface area (Å²) in [5, 5.41) is 20.2. The largest absolute Gasteiger partial charge is 1.00 e. The Morgan fingerprint density at radius 3 is 1.04 bits per heavy atom. The molecule has 2 N–H and O–H groups in total. The molecule has 0 radical (unpaired) electrons. The number of nitrogens with one attached hydrogen (secondary N) is 1. The quantitative estimate of drug-likeness (QED) is 0.0217. The van der Waals surface area contributed by atoms with Crippen LogP contribution in [0.1, 0.15) is 84.5 Å². The first-order chi connectivity index (χ1) is 33.9. The predicted octanol–water partition coefficient (Wildman–Crippen LogP) is -3.87. The summed E-state index contributed by atoms with van der Waals surface area (Å²) in [5.74, 6) is 2.61. The van der Waals surface area contributed by atoms with Crippen LogP contribution in [0.3, 0.4) is 0 Å². The smallest absolute Gasteiger partial charge is 1.00 e. The Balaban J connectivity index is -0.0000000954. The molecule has 2 atom stereocenters. The molecular formula is C43H84Ar4ClK2N5O21S6-2. The molecule has 5 aliphatic heterocycles. The van der Waals surface area contributed by atoms with Crippen LogP contribution in [-0.2, 0) is 74.1 Å². The molecule has 5 rings (SSSR count). The monoisotopic (exact) mass is 1470 g/mol. The van der Waals surface area contributed by atoms with Gasteiger partial charge < -0.3 is 69.6 Å². The Hall–Kier alpha value is 5.81. The summed E-state index contributed by atoms with van der Waals surface area (Å²) in [6, 6.07) is 0. The fourth-order valence-electron chi connectivity index (χ4n) is 5.69. The molecule has 4 amide bonds. The van der Waals surface area contributed by atoms with Crippen molar-refractivity contribution in [1.82, 2.24) is 24.9 Å². The van der Waals surface area contributed by atoms with Gasteiger partial charge in [-0.3, -0.25) is 17.4 Å². The summed E-state index contributed by atoms with van der Waals surface area (Å²) in [4.78, 5) is 63.3. The molecule has 2 unspecified atom stereocenters. The van der Waals surface area contributed by atoms with Crippen LogP contribution in [0.4, 0.5) is 19.2 Å². The number of aliphatic hydroxyl groups excluding tert-OH is 1. The topological polar surface area (TPSA) is 358 Å². The van der Waals surface area contributed by atoms with E-state index in [2.05, 4.69) is 37.7 Å². The molecule has 0 aromatic heterocycles. The van der Waals surface area contributed by atoms with E-state index in [1.54, 1.807) is 51.3 Å². The van der Waals surface area contributed by atoms with Gasteiger partial charge in [-0.25, -0.2) is 27.6 Å². The van der Waals surface area contributed by atoms with Gasteiger partial charge in [0.05, 0.1) is 19.1 Å². The summed E-state index contributed by atoms with van der Waals surface area (Å²) in [7, 11) is -2.09. The van der Waals surface area contributed by atoms with Gasteiger partial charge in [-0.2, -0.15) is 34.5 Å². The van der Waals surface area contributed by atoms with E-state index in [0.29, 0.717) is 56.9 Å². The maximum atomic E-state index is 11.5. The van der Waals surface area contributed by atoms with Gasteiger partial charge in [-0.1, -0.05) is 22.2 Å². The SMILES string of the molecule is CC(C)(C)OC(=O)N1CC(CO)C1.CC(C)(C)OC(=O)N1CC(COS(C)(=O)=O)C1.CC(C)(C)OC(=O)N1CC(CS(=O)[O-])C1.CC(C)(C)OC(=O)N1CC(CS)C1.CS(=O)(=O)Cl.O=CO[O-].O=S([O-])CC1CNC1.S.[Ar].[Ar].[Ar].[Ar].[H-].[K+].[K+]. The molecule has 5 aliphatic rings. The van der Waals surface area contributed by atoms with Gasteiger partial charge in [-0.15, -0.1) is 0 Å². The maximum absolute atomic E-state index is 11.5. The molecular weight excluding hydrogens is 1390 g/mol. The van der Waals surface area contributed by atoms with Crippen molar-refractivity contribution in [3.05, 3.63) is 0 Å². The van der Waals surface area contributed by atoms with Crippen molar-refractivity contribution in [3.8, 4) is 0 Å². The molecule has 26 nitrogen and oxygen atoms in total. The second-order valence-electron chi connectivity index (χ2n) is 21.7. The van der Waals surface area contributed by atoms with Gasteiger partial charge in [-0.05, 0) is 94.8 Å². The Kier molecular flexibility index (Phi) is 68.9. The minimum absolute atomic E-state index is 0. The molecule has 5 fully saturated rings. The first kappa shape index (κ1) is 107. The second kappa shape index (κ2) is 53.0. The molecule has 0 aliphatic carbocycles. The van der Waals surface area contributed by atoms with E-state index in [1.807, 2.05) is 41.5 Å². The first-order valence-corrected chi connectivity index (χ1v) is 31.0. The van der Waals surface area contributed by atoms with Gasteiger partial charge in [0.2, 0.25) is 9.05 Å². The predicted molar refractivity (Wildman–Crippen MR) is 290 cm³/mol. The van der Waals surface area contributed by atoms with E-state index in [0.717, 1.165) is 44.4 Å². The molecule has 5 heterocycles. The van der Waals surface area contributed by atoms with Gasteiger partial charge in [0.25, 0.3) is 16.6 Å². The van der Waals surface area contributed by atoms with Crippen molar-refractivity contribution in [2.75, 3.05) is 108 Å².